The van der Waals surface area contributed by atoms with Crippen LogP contribution in [0.25, 0.3) is 0 Å². The first-order valence-corrected chi connectivity index (χ1v) is 46.2. The third kappa shape index (κ3) is 34.0. The molecule has 24 aliphatic rings. The largest absolute Gasteiger partial charge is 0.0533 e. The highest BCUT2D eigenvalue weighted by Gasteiger charge is 2.44. The van der Waals surface area contributed by atoms with Crippen LogP contribution in [0.3, 0.4) is 0 Å². The van der Waals surface area contributed by atoms with E-state index in [1.165, 1.54) is 354 Å². The Labute approximate surface area is 585 Å². The highest BCUT2D eigenvalue weighted by Crippen LogP contribution is 2.55. The van der Waals surface area contributed by atoms with E-state index in [4.69, 9.17) is 0 Å². The van der Waals surface area contributed by atoms with Crippen molar-refractivity contribution in [2.45, 2.75) is 494 Å². The second-order valence-corrected chi connectivity index (χ2v) is 37.6. The lowest BCUT2D eigenvalue weighted by Crippen LogP contribution is -2.28. The van der Waals surface area contributed by atoms with Gasteiger partial charge in [-0.25, -0.2) is 0 Å². The second-order valence-electron chi connectivity index (χ2n) is 37.6. The first-order chi connectivity index (χ1) is 46.2. The van der Waals surface area contributed by atoms with Gasteiger partial charge in [-0.1, -0.05) is 449 Å². The standard InChI is InChI=1S/C10H18.C9H16.2C8H14.C8H16.2C7H12.C7H14.C6H10.C6H12.C5H8.C5H10.C4H8.C3H6/c1-2-6-10-8-4-3-7-9(10)5-1;1-2-5-9-7-3-6-8(9)4-1;1-3-7-5-2-6-8(7)4-1;1-2-8-5-3-7(1)4-6-8;1-2-4-6-8-7-5-3-1;1-2-7-4-3-6(1)5-7;1-2-6-4-7(3-1)5-6;1-2-4-6-7-5-3-1;1-2-5-4-6(5)3-1;1-2-4-6-5-3-1;1-2-5-3-4(1)5;1-2-4-5-3-1;1-2-4-3-1;1-2-3-1/h9-10H,1-8H2;8-9H,1-7H2;2*7-8H,1-6H2;1-8H2;2*6-7H,1-5H2;1-7H2;5-6H,1-4H2;1-6H2;4-5H,1-3H2;1-5H2;1-4H2;1-3H2. The lowest BCUT2D eigenvalue weighted by atomic mass is 9.65. The molecule has 0 aliphatic heterocycles. The summed E-state index contributed by atoms with van der Waals surface area (Å²) in [5, 5.41) is 0. The molecule has 6 unspecified atom stereocenters. The molecule has 0 heteroatoms. The highest BCUT2D eigenvalue weighted by molar-refractivity contribution is 4.95. The molecule has 0 heterocycles. The Hall–Kier alpha value is 0. The summed E-state index contributed by atoms with van der Waals surface area (Å²) in [6.45, 7) is 0. The molecule has 0 amide bonds. The van der Waals surface area contributed by atoms with Gasteiger partial charge in [0.25, 0.3) is 0 Å². The molecule has 0 nitrogen and oxygen atoms in total. The highest BCUT2D eigenvalue weighted by atomic mass is 14.5. The van der Waals surface area contributed by atoms with Crippen LogP contribution < -0.4 is 0 Å². The number of fused-ring (bicyclic) bond motifs is 12. The Morgan fingerprint density at radius 1 is 0.0753 bits per heavy atom. The summed E-state index contributed by atoms with van der Waals surface area (Å²) in [6, 6.07) is 0. The van der Waals surface area contributed by atoms with Crippen LogP contribution >= 0.6 is 0 Å². The zero-order valence-corrected chi connectivity index (χ0v) is 63.7. The van der Waals surface area contributed by atoms with E-state index < -0.39 is 0 Å². The minimum Gasteiger partial charge on any atom is -0.0533 e. The molecule has 93 heavy (non-hydrogen) atoms. The summed E-state index contributed by atoms with van der Waals surface area (Å²) < 4.78 is 0. The summed E-state index contributed by atoms with van der Waals surface area (Å²) >= 11 is 0. The van der Waals surface area contributed by atoms with E-state index in [0.717, 1.165) is 23.7 Å². The average Bonchev–Trinajstić information content (AvgIpc) is 1.69. The third-order valence-corrected chi connectivity index (χ3v) is 29.8. The first-order valence-electron chi connectivity index (χ1n) is 46.2. The van der Waals surface area contributed by atoms with Gasteiger partial charge >= 0.3 is 0 Å². The molecule has 24 aliphatic carbocycles. The quantitative estimate of drug-likeness (QED) is 0.212. The van der Waals surface area contributed by atoms with E-state index in [1.807, 2.05) is 0 Å². The van der Waals surface area contributed by atoms with Crippen molar-refractivity contribution in [3.63, 3.8) is 0 Å². The Bertz CT molecular complexity index is 1510. The van der Waals surface area contributed by atoms with E-state index >= 15 is 0 Å². The maximum atomic E-state index is 1.58. The molecule has 0 saturated heterocycles. The van der Waals surface area contributed by atoms with Gasteiger partial charge in [-0.05, 0) is 140 Å². The molecule has 0 spiro atoms. The first kappa shape index (κ1) is 77.2. The van der Waals surface area contributed by atoms with Crippen molar-refractivity contribution in [2.24, 2.45) is 94.7 Å². The van der Waals surface area contributed by atoms with Crippen LogP contribution in [0.15, 0.2) is 0 Å². The summed E-state index contributed by atoms with van der Waals surface area (Å²) in [5.74, 6) is 18.9. The molecule has 24 fully saturated rings. The maximum absolute atomic E-state index is 1.58. The van der Waals surface area contributed by atoms with Crippen LogP contribution in [0, 0.1) is 94.7 Å². The summed E-state index contributed by atoms with van der Waals surface area (Å²) in [6.07, 6.45) is 118. The van der Waals surface area contributed by atoms with Crippen molar-refractivity contribution in [3.8, 4) is 0 Å². The van der Waals surface area contributed by atoms with Crippen LogP contribution in [0.4, 0.5) is 0 Å². The van der Waals surface area contributed by atoms with Crippen molar-refractivity contribution in [1.82, 2.24) is 0 Å². The normalized spacial score (nSPS) is 38.5. The topological polar surface area (TPSA) is 0 Å². The van der Waals surface area contributed by atoms with Crippen molar-refractivity contribution >= 4 is 0 Å². The van der Waals surface area contributed by atoms with Gasteiger partial charge in [-0.2, -0.15) is 0 Å². The second kappa shape index (κ2) is 48.8. The predicted octanol–water partition coefficient (Wildman–Crippen LogP) is 32.0. The van der Waals surface area contributed by atoms with Crippen LogP contribution in [-0.4, -0.2) is 0 Å². The maximum Gasteiger partial charge on any atom is -0.0383 e. The monoisotopic (exact) mass is 1290 g/mol. The van der Waals surface area contributed by atoms with Crippen molar-refractivity contribution in [2.75, 3.05) is 0 Å². The molecule has 0 aromatic carbocycles. The summed E-state index contributed by atoms with van der Waals surface area (Å²) in [7, 11) is 0. The van der Waals surface area contributed by atoms with Gasteiger partial charge in [0.15, 0.2) is 0 Å². The SMILES string of the molecule is C1CC1.C1CC2CC(C1)C2.C1CC2CC12.C1CC2CC2C1.C1CC2CCC1C2.C1CC2CCC1CC2.C1CC2CCCC2C1.C1CCC1.C1CCC2CCCC2C1.C1CCC2CCCCC2C1.C1CCCC1.C1CCCCC1.C1CCCCCC1.C1CCCCCCC1. The van der Waals surface area contributed by atoms with Gasteiger partial charge in [0.2, 0.25) is 0 Å². The van der Waals surface area contributed by atoms with Gasteiger partial charge in [-0.15, -0.1) is 0 Å². The molecular formula is C93H170. The molecule has 6 atom stereocenters. The van der Waals surface area contributed by atoms with E-state index in [9.17, 15) is 0 Å². The molecule has 0 aromatic rings. The Balaban J connectivity index is 0.000000119. The smallest absolute Gasteiger partial charge is 0.0383 e. The predicted molar refractivity (Wildman–Crippen MR) is 411 cm³/mol. The van der Waals surface area contributed by atoms with E-state index in [0.29, 0.717) is 0 Å². The fourth-order valence-corrected chi connectivity index (χ4v) is 22.2. The van der Waals surface area contributed by atoms with E-state index in [-0.39, 0.29) is 0 Å². The number of hydrogen-bond donors (Lipinski definition) is 0. The van der Waals surface area contributed by atoms with Crippen LogP contribution in [0.1, 0.15) is 494 Å². The molecule has 0 N–H and O–H groups in total. The minimum absolute atomic E-state index is 1.15. The zero-order valence-electron chi connectivity index (χ0n) is 63.7. The lowest BCUT2D eigenvalue weighted by Gasteiger charge is -2.40. The fourth-order valence-electron chi connectivity index (χ4n) is 22.2. The van der Waals surface area contributed by atoms with Gasteiger partial charge in [0, 0.05) is 0 Å². The Morgan fingerprint density at radius 3 is 0.333 bits per heavy atom. The van der Waals surface area contributed by atoms with Crippen LogP contribution in [0.5, 0.6) is 0 Å². The van der Waals surface area contributed by atoms with E-state index in [1.54, 1.807) is 212 Å². The molecule has 24 saturated carbocycles. The minimum atomic E-state index is 1.15. The number of rotatable bonds is 0. The lowest BCUT2D eigenvalue weighted by molar-refractivity contribution is 0.116. The van der Waals surface area contributed by atoms with Gasteiger partial charge < -0.3 is 0 Å². The molecule has 24 rings (SSSR count). The molecule has 542 valence electrons. The van der Waals surface area contributed by atoms with Crippen molar-refractivity contribution in [1.29, 1.82) is 0 Å². The van der Waals surface area contributed by atoms with Crippen LogP contribution in [0.2, 0.25) is 0 Å². The van der Waals surface area contributed by atoms with E-state index in [2.05, 4.69) is 0 Å². The Kier molecular flexibility index (Phi) is 40.5. The van der Waals surface area contributed by atoms with Gasteiger partial charge in [0.05, 0.1) is 0 Å². The van der Waals surface area contributed by atoms with Gasteiger partial charge in [-0.3, -0.25) is 0 Å². The third-order valence-electron chi connectivity index (χ3n) is 29.8. The van der Waals surface area contributed by atoms with Crippen molar-refractivity contribution in [3.05, 3.63) is 0 Å². The van der Waals surface area contributed by atoms with Gasteiger partial charge in [0.1, 0.15) is 0 Å². The zero-order chi connectivity index (χ0) is 63.7. The average molecular weight is 1290 g/mol. The number of hydrogen-bond acceptors (Lipinski definition) is 0. The molecule has 6 bridgehead atoms. The Morgan fingerprint density at radius 2 is 0.226 bits per heavy atom. The molecular weight excluding hydrogens is 1120 g/mol. The summed E-state index contributed by atoms with van der Waals surface area (Å²) in [5.41, 5.74) is 0. The van der Waals surface area contributed by atoms with Crippen LogP contribution in [-0.2, 0) is 0 Å². The fraction of sp³-hybridized carbons (Fsp3) is 1.00. The van der Waals surface area contributed by atoms with Crippen molar-refractivity contribution < 1.29 is 0 Å². The molecule has 0 radical (unpaired) electrons. The summed E-state index contributed by atoms with van der Waals surface area (Å²) in [4.78, 5) is 0. The molecule has 0 aromatic heterocycles.